The summed E-state index contributed by atoms with van der Waals surface area (Å²) < 4.78 is 0. The molecule has 2 aliphatic rings. The zero-order chi connectivity index (χ0) is 25.3. The predicted octanol–water partition coefficient (Wildman–Crippen LogP) is 1.22. The Bertz CT molecular complexity index is 1020. The molecule has 0 spiro atoms. The number of rotatable bonds is 11. The van der Waals surface area contributed by atoms with E-state index in [0.29, 0.717) is 18.5 Å². The van der Waals surface area contributed by atoms with Crippen LogP contribution in [0.4, 0.5) is 0 Å². The Morgan fingerprint density at radius 3 is 2.47 bits per heavy atom. The molecule has 194 valence electrons. The molecule has 1 atom stereocenters. The second-order valence-corrected chi connectivity index (χ2v) is 10.0. The second-order valence-electron chi connectivity index (χ2n) is 10.0. The lowest BCUT2D eigenvalue weighted by molar-refractivity contribution is -0.118. The standard InChI is InChI=1S/C28H39N5O3/c29-27(35)9-4-11-31-13-15-32(16-14-31)19-22-5-3-8-24(17-22)28(36)30-18-26(34)21-33-12-10-23-6-1-2-7-25(23)20-33/h1-3,5-8,17,26,34H,4,9-16,18-21H2,(H2,29,35)(H,30,36). The van der Waals surface area contributed by atoms with Gasteiger partial charge in [-0.3, -0.25) is 19.4 Å². The van der Waals surface area contributed by atoms with E-state index in [1.165, 1.54) is 11.1 Å². The molecular formula is C28H39N5O3. The fourth-order valence-electron chi connectivity index (χ4n) is 5.10. The average Bonchev–Trinajstić information content (AvgIpc) is 2.88. The lowest BCUT2D eigenvalue weighted by Crippen LogP contribution is -2.46. The van der Waals surface area contributed by atoms with Crippen molar-refractivity contribution in [2.75, 3.05) is 52.4 Å². The van der Waals surface area contributed by atoms with Gasteiger partial charge in [-0.05, 0) is 48.2 Å². The van der Waals surface area contributed by atoms with E-state index in [1.807, 2.05) is 18.2 Å². The number of benzene rings is 2. The Morgan fingerprint density at radius 1 is 0.944 bits per heavy atom. The van der Waals surface area contributed by atoms with Crippen molar-refractivity contribution in [3.63, 3.8) is 0 Å². The molecule has 2 heterocycles. The van der Waals surface area contributed by atoms with E-state index >= 15 is 0 Å². The summed E-state index contributed by atoms with van der Waals surface area (Å²) in [5, 5.41) is 13.4. The van der Waals surface area contributed by atoms with E-state index in [4.69, 9.17) is 5.73 Å². The normalized spacial score (nSPS) is 17.9. The number of nitrogens with zero attached hydrogens (tertiary/aromatic N) is 3. The molecule has 0 bridgehead atoms. The summed E-state index contributed by atoms with van der Waals surface area (Å²) in [5.41, 5.74) is 9.67. The minimum atomic E-state index is -0.610. The molecule has 2 aromatic rings. The van der Waals surface area contributed by atoms with Gasteiger partial charge >= 0.3 is 0 Å². The fraction of sp³-hybridized carbons (Fsp3) is 0.500. The first kappa shape index (κ1) is 26.3. The largest absolute Gasteiger partial charge is 0.390 e. The summed E-state index contributed by atoms with van der Waals surface area (Å²) >= 11 is 0. The molecule has 1 unspecified atom stereocenters. The smallest absolute Gasteiger partial charge is 0.251 e. The van der Waals surface area contributed by atoms with Gasteiger partial charge in [0.15, 0.2) is 0 Å². The van der Waals surface area contributed by atoms with Gasteiger partial charge < -0.3 is 21.1 Å². The number of aliphatic hydroxyl groups is 1. The molecule has 0 saturated carbocycles. The fourth-order valence-corrected chi connectivity index (χ4v) is 5.10. The van der Waals surface area contributed by atoms with Crippen molar-refractivity contribution in [2.24, 2.45) is 5.73 Å². The molecule has 2 amide bonds. The Hall–Kier alpha value is -2.78. The first-order valence-corrected chi connectivity index (χ1v) is 13.0. The van der Waals surface area contributed by atoms with Gasteiger partial charge in [0.2, 0.25) is 5.91 Å². The van der Waals surface area contributed by atoms with Gasteiger partial charge in [0.05, 0.1) is 6.10 Å². The summed E-state index contributed by atoms with van der Waals surface area (Å²) in [5.74, 6) is -0.389. The van der Waals surface area contributed by atoms with Crippen molar-refractivity contribution >= 4 is 11.8 Å². The summed E-state index contributed by atoms with van der Waals surface area (Å²) in [6.45, 7) is 8.11. The third-order valence-electron chi connectivity index (χ3n) is 7.13. The third kappa shape index (κ3) is 7.86. The topological polar surface area (TPSA) is 102 Å². The number of aliphatic hydroxyl groups excluding tert-OH is 1. The molecule has 0 aliphatic carbocycles. The number of piperazine rings is 1. The molecule has 0 radical (unpaired) electrons. The molecular weight excluding hydrogens is 454 g/mol. The number of β-amino-alcohol motifs (C(OH)–C–C–N with tert-alkyl or cyclic N) is 1. The van der Waals surface area contributed by atoms with Gasteiger partial charge in [0, 0.05) is 70.9 Å². The number of primary amides is 1. The van der Waals surface area contributed by atoms with Crippen molar-refractivity contribution < 1.29 is 14.7 Å². The molecule has 8 heteroatoms. The van der Waals surface area contributed by atoms with Gasteiger partial charge in [-0.25, -0.2) is 0 Å². The van der Waals surface area contributed by atoms with Gasteiger partial charge in [-0.15, -0.1) is 0 Å². The van der Waals surface area contributed by atoms with Crippen molar-refractivity contribution in [1.82, 2.24) is 20.0 Å². The number of nitrogens with one attached hydrogen (secondary N) is 1. The van der Waals surface area contributed by atoms with Crippen LogP contribution in [0.1, 0.15) is 39.9 Å². The quantitative estimate of drug-likeness (QED) is 0.435. The Balaban J connectivity index is 1.18. The number of amides is 2. The maximum absolute atomic E-state index is 12.8. The van der Waals surface area contributed by atoms with Crippen molar-refractivity contribution in [3.8, 4) is 0 Å². The third-order valence-corrected chi connectivity index (χ3v) is 7.13. The van der Waals surface area contributed by atoms with Crippen LogP contribution in [-0.2, 0) is 24.3 Å². The zero-order valence-corrected chi connectivity index (χ0v) is 21.1. The minimum absolute atomic E-state index is 0.154. The van der Waals surface area contributed by atoms with Gasteiger partial charge in [0.1, 0.15) is 0 Å². The first-order valence-electron chi connectivity index (χ1n) is 13.0. The maximum Gasteiger partial charge on any atom is 0.251 e. The predicted molar refractivity (Wildman–Crippen MR) is 140 cm³/mol. The monoisotopic (exact) mass is 493 g/mol. The van der Waals surface area contributed by atoms with E-state index in [2.05, 4.69) is 50.3 Å². The van der Waals surface area contributed by atoms with E-state index in [9.17, 15) is 14.7 Å². The Morgan fingerprint density at radius 2 is 1.69 bits per heavy atom. The minimum Gasteiger partial charge on any atom is -0.390 e. The van der Waals surface area contributed by atoms with Crippen LogP contribution < -0.4 is 11.1 Å². The summed E-state index contributed by atoms with van der Waals surface area (Å²) in [6.07, 6.45) is 1.64. The van der Waals surface area contributed by atoms with Crippen LogP contribution in [-0.4, -0.2) is 90.1 Å². The number of hydrogen-bond donors (Lipinski definition) is 3. The van der Waals surface area contributed by atoms with E-state index in [0.717, 1.165) is 70.8 Å². The van der Waals surface area contributed by atoms with Crippen molar-refractivity contribution in [2.45, 2.75) is 38.5 Å². The molecule has 0 aromatic heterocycles. The number of nitrogens with two attached hydrogens (primary N) is 1. The highest BCUT2D eigenvalue weighted by Gasteiger charge is 2.20. The van der Waals surface area contributed by atoms with Crippen LogP contribution in [0.15, 0.2) is 48.5 Å². The van der Waals surface area contributed by atoms with Crippen LogP contribution in [0, 0.1) is 0 Å². The Labute approximate surface area is 214 Å². The highest BCUT2D eigenvalue weighted by atomic mass is 16.3. The summed E-state index contributed by atoms with van der Waals surface area (Å²) in [4.78, 5) is 30.7. The molecule has 1 fully saturated rings. The zero-order valence-electron chi connectivity index (χ0n) is 21.1. The van der Waals surface area contributed by atoms with Crippen LogP contribution in [0.5, 0.6) is 0 Å². The number of carbonyl (C=O) groups excluding carboxylic acids is 2. The highest BCUT2D eigenvalue weighted by molar-refractivity contribution is 5.94. The van der Waals surface area contributed by atoms with Gasteiger partial charge in [-0.1, -0.05) is 36.4 Å². The summed E-state index contributed by atoms with van der Waals surface area (Å²) in [6, 6.07) is 16.2. The van der Waals surface area contributed by atoms with Crippen LogP contribution >= 0.6 is 0 Å². The number of hydrogen-bond acceptors (Lipinski definition) is 6. The molecule has 4 N–H and O–H groups in total. The lowest BCUT2D eigenvalue weighted by Gasteiger charge is -2.34. The van der Waals surface area contributed by atoms with Gasteiger partial charge in [-0.2, -0.15) is 0 Å². The number of fused-ring (bicyclic) bond motifs is 1. The van der Waals surface area contributed by atoms with Gasteiger partial charge in [0.25, 0.3) is 5.91 Å². The van der Waals surface area contributed by atoms with Crippen LogP contribution in [0.25, 0.3) is 0 Å². The van der Waals surface area contributed by atoms with Crippen LogP contribution in [0.3, 0.4) is 0 Å². The van der Waals surface area contributed by atoms with E-state index in [-0.39, 0.29) is 18.4 Å². The molecule has 2 aromatic carbocycles. The molecule has 1 saturated heterocycles. The molecule has 4 rings (SSSR count). The maximum atomic E-state index is 12.8. The van der Waals surface area contributed by atoms with E-state index < -0.39 is 6.10 Å². The second kappa shape index (κ2) is 13.0. The molecule has 8 nitrogen and oxygen atoms in total. The summed E-state index contributed by atoms with van der Waals surface area (Å²) in [7, 11) is 0. The van der Waals surface area contributed by atoms with Crippen molar-refractivity contribution in [1.29, 1.82) is 0 Å². The van der Waals surface area contributed by atoms with Crippen molar-refractivity contribution in [3.05, 3.63) is 70.8 Å². The molecule has 2 aliphatic heterocycles. The van der Waals surface area contributed by atoms with Crippen LogP contribution in [0.2, 0.25) is 0 Å². The average molecular weight is 494 g/mol. The Kier molecular flexibility index (Phi) is 9.47. The number of carbonyl (C=O) groups is 2. The lowest BCUT2D eigenvalue weighted by atomic mass is 10.00. The SMILES string of the molecule is NC(=O)CCCN1CCN(Cc2cccc(C(=O)NCC(O)CN3CCc4ccccc4C3)c2)CC1. The van der Waals surface area contributed by atoms with E-state index in [1.54, 1.807) is 0 Å². The highest BCUT2D eigenvalue weighted by Crippen LogP contribution is 2.18. The first-order chi connectivity index (χ1) is 17.5. The molecule has 36 heavy (non-hydrogen) atoms.